The lowest BCUT2D eigenvalue weighted by atomic mass is 10.2. The topological polar surface area (TPSA) is 76.9 Å². The molecule has 150 valence electrons. The van der Waals surface area contributed by atoms with Crippen molar-refractivity contribution < 1.29 is 4.79 Å². The predicted molar refractivity (Wildman–Crippen MR) is 121 cm³/mol. The zero-order valence-electron chi connectivity index (χ0n) is 16.0. The average Bonchev–Trinajstić information content (AvgIpc) is 2.75. The second-order valence-electron chi connectivity index (χ2n) is 6.52. The van der Waals surface area contributed by atoms with E-state index < -0.39 is 0 Å². The quantitative estimate of drug-likeness (QED) is 0.283. The number of aromatic nitrogens is 3. The summed E-state index contributed by atoms with van der Waals surface area (Å²) in [5.74, 6) is -0.212. The normalized spacial score (nSPS) is 10.9. The van der Waals surface area contributed by atoms with Crippen LogP contribution in [0, 0.1) is 6.92 Å². The Hall–Kier alpha value is -3.16. The minimum atomic E-state index is -0.270. The molecule has 0 aliphatic carbocycles. The number of fused-ring (bicyclic) bond motifs is 1. The smallest absolute Gasteiger partial charge is 0.266 e. The van der Waals surface area contributed by atoms with Gasteiger partial charge in [-0.1, -0.05) is 53.7 Å². The average molecular weight is 437 g/mol. The first kappa shape index (κ1) is 20.1. The predicted octanol–water partition coefficient (Wildman–Crippen LogP) is 4.47. The standard InChI is InChI=1S/C22H17ClN4O2S/c1-14-7-2-5-11-18(14)27-21(29)15-8-3-4-9-16(15)26-22(27)30-13-19(28)25-17-10-6-12-24-20(17)23/h2-12H,13H2,1H3,(H,25,28). The molecule has 2 aromatic carbocycles. The number of aryl methyl sites for hydroxylation is 1. The summed E-state index contributed by atoms with van der Waals surface area (Å²) in [6, 6.07) is 18.1. The Morgan fingerprint density at radius 2 is 1.87 bits per heavy atom. The zero-order chi connectivity index (χ0) is 21.1. The number of pyridine rings is 1. The number of hydrogen-bond donors (Lipinski definition) is 1. The van der Waals surface area contributed by atoms with Crippen LogP contribution in [0.1, 0.15) is 5.56 Å². The largest absolute Gasteiger partial charge is 0.323 e. The van der Waals surface area contributed by atoms with E-state index in [-0.39, 0.29) is 22.4 Å². The van der Waals surface area contributed by atoms with Crippen LogP contribution in [-0.4, -0.2) is 26.2 Å². The minimum absolute atomic E-state index is 0.0574. The van der Waals surface area contributed by atoms with Gasteiger partial charge in [0.05, 0.1) is 28.0 Å². The minimum Gasteiger partial charge on any atom is -0.323 e. The van der Waals surface area contributed by atoms with E-state index in [2.05, 4.69) is 15.3 Å². The summed E-state index contributed by atoms with van der Waals surface area (Å²) in [4.78, 5) is 34.3. The third-order valence-electron chi connectivity index (χ3n) is 4.47. The monoisotopic (exact) mass is 436 g/mol. The van der Waals surface area contributed by atoms with E-state index in [0.29, 0.717) is 21.7 Å². The van der Waals surface area contributed by atoms with Gasteiger partial charge in [0.1, 0.15) is 0 Å². The maximum Gasteiger partial charge on any atom is 0.266 e. The van der Waals surface area contributed by atoms with Crippen molar-refractivity contribution in [1.82, 2.24) is 14.5 Å². The Morgan fingerprint density at radius 3 is 2.67 bits per heavy atom. The number of amides is 1. The number of hydrogen-bond acceptors (Lipinski definition) is 5. The zero-order valence-corrected chi connectivity index (χ0v) is 17.6. The summed E-state index contributed by atoms with van der Waals surface area (Å²) in [5.41, 5.74) is 2.52. The summed E-state index contributed by atoms with van der Waals surface area (Å²) >= 11 is 7.19. The number of nitrogens with zero attached hydrogens (tertiary/aromatic N) is 3. The molecule has 0 spiro atoms. The van der Waals surface area contributed by atoms with E-state index in [1.165, 1.54) is 11.8 Å². The van der Waals surface area contributed by atoms with Crippen LogP contribution in [0.2, 0.25) is 5.15 Å². The Kier molecular flexibility index (Phi) is 5.83. The highest BCUT2D eigenvalue weighted by Crippen LogP contribution is 2.24. The van der Waals surface area contributed by atoms with Gasteiger partial charge in [-0.15, -0.1) is 0 Å². The molecule has 0 saturated carbocycles. The summed E-state index contributed by atoms with van der Waals surface area (Å²) < 4.78 is 1.56. The SMILES string of the molecule is Cc1ccccc1-n1c(SCC(=O)Nc2cccnc2Cl)nc2ccccc2c1=O. The molecule has 0 radical (unpaired) electrons. The lowest BCUT2D eigenvalue weighted by Crippen LogP contribution is -2.23. The Morgan fingerprint density at radius 1 is 1.10 bits per heavy atom. The lowest BCUT2D eigenvalue weighted by molar-refractivity contribution is -0.113. The van der Waals surface area contributed by atoms with Crippen molar-refractivity contribution in [2.45, 2.75) is 12.1 Å². The van der Waals surface area contributed by atoms with Gasteiger partial charge < -0.3 is 5.32 Å². The number of halogens is 1. The van der Waals surface area contributed by atoms with Gasteiger partial charge in [-0.25, -0.2) is 9.97 Å². The van der Waals surface area contributed by atoms with E-state index in [1.807, 2.05) is 43.3 Å². The highest BCUT2D eigenvalue weighted by molar-refractivity contribution is 7.99. The van der Waals surface area contributed by atoms with Crippen molar-refractivity contribution in [1.29, 1.82) is 0 Å². The Bertz CT molecular complexity index is 1310. The Labute approximate surface area is 181 Å². The second-order valence-corrected chi connectivity index (χ2v) is 7.82. The van der Waals surface area contributed by atoms with Gasteiger partial charge in [-0.05, 0) is 42.8 Å². The fraction of sp³-hybridized carbons (Fsp3) is 0.0909. The summed E-state index contributed by atoms with van der Waals surface area (Å²) in [6.45, 7) is 1.93. The molecule has 4 aromatic rings. The summed E-state index contributed by atoms with van der Waals surface area (Å²) in [5, 5.41) is 3.92. The van der Waals surface area contributed by atoms with Gasteiger partial charge in [0.25, 0.3) is 5.56 Å². The molecular formula is C22H17ClN4O2S. The van der Waals surface area contributed by atoms with Crippen molar-refractivity contribution in [2.24, 2.45) is 0 Å². The number of thioether (sulfide) groups is 1. The van der Waals surface area contributed by atoms with Crippen LogP contribution in [-0.2, 0) is 4.79 Å². The van der Waals surface area contributed by atoms with Crippen LogP contribution in [0.4, 0.5) is 5.69 Å². The fourth-order valence-corrected chi connectivity index (χ4v) is 4.00. The van der Waals surface area contributed by atoms with Crippen LogP contribution in [0.3, 0.4) is 0 Å². The van der Waals surface area contributed by atoms with Gasteiger partial charge >= 0.3 is 0 Å². The van der Waals surface area contributed by atoms with Gasteiger partial charge in [-0.3, -0.25) is 14.2 Å². The Balaban J connectivity index is 1.70. The maximum atomic E-state index is 13.3. The number of carbonyl (C=O) groups excluding carboxylic acids is 1. The molecule has 0 bridgehead atoms. The number of anilines is 1. The number of benzene rings is 2. The van der Waals surface area contributed by atoms with E-state index in [4.69, 9.17) is 11.6 Å². The van der Waals surface area contributed by atoms with Crippen molar-refractivity contribution in [3.63, 3.8) is 0 Å². The molecule has 0 atom stereocenters. The molecule has 8 heteroatoms. The molecule has 0 aliphatic heterocycles. The van der Waals surface area contributed by atoms with Crippen LogP contribution in [0.25, 0.3) is 16.6 Å². The van der Waals surface area contributed by atoms with Crippen molar-refractivity contribution in [3.8, 4) is 5.69 Å². The van der Waals surface area contributed by atoms with Crippen LogP contribution in [0.15, 0.2) is 76.8 Å². The number of nitrogens with one attached hydrogen (secondary N) is 1. The lowest BCUT2D eigenvalue weighted by Gasteiger charge is -2.15. The molecular weight excluding hydrogens is 420 g/mol. The molecule has 2 heterocycles. The molecule has 0 unspecified atom stereocenters. The number of rotatable bonds is 5. The molecule has 30 heavy (non-hydrogen) atoms. The van der Waals surface area contributed by atoms with Crippen molar-refractivity contribution in [3.05, 3.63) is 87.9 Å². The first-order valence-electron chi connectivity index (χ1n) is 9.15. The van der Waals surface area contributed by atoms with Crippen molar-refractivity contribution in [2.75, 3.05) is 11.1 Å². The third-order valence-corrected chi connectivity index (χ3v) is 5.71. The molecule has 1 N–H and O–H groups in total. The first-order valence-corrected chi connectivity index (χ1v) is 10.5. The van der Waals surface area contributed by atoms with Gasteiger partial charge in [0, 0.05) is 6.20 Å². The molecule has 0 fully saturated rings. The summed E-state index contributed by atoms with van der Waals surface area (Å²) in [6.07, 6.45) is 1.55. The third kappa shape index (κ3) is 4.08. The molecule has 2 aromatic heterocycles. The number of para-hydroxylation sites is 2. The van der Waals surface area contributed by atoms with Crippen LogP contribution in [0.5, 0.6) is 0 Å². The molecule has 1 amide bonds. The summed E-state index contributed by atoms with van der Waals surface area (Å²) in [7, 11) is 0. The van der Waals surface area contributed by atoms with E-state index in [1.54, 1.807) is 35.0 Å². The van der Waals surface area contributed by atoms with Gasteiger partial charge in [0.2, 0.25) is 5.91 Å². The maximum absolute atomic E-state index is 13.3. The van der Waals surface area contributed by atoms with Gasteiger partial charge in [0.15, 0.2) is 10.3 Å². The molecule has 4 rings (SSSR count). The second kappa shape index (κ2) is 8.69. The van der Waals surface area contributed by atoms with E-state index in [9.17, 15) is 9.59 Å². The molecule has 6 nitrogen and oxygen atoms in total. The fourth-order valence-electron chi connectivity index (χ4n) is 3.03. The van der Waals surface area contributed by atoms with Crippen LogP contribution >= 0.6 is 23.4 Å². The highest BCUT2D eigenvalue weighted by Gasteiger charge is 2.16. The first-order chi connectivity index (χ1) is 14.5. The van der Waals surface area contributed by atoms with Gasteiger partial charge in [-0.2, -0.15) is 0 Å². The highest BCUT2D eigenvalue weighted by atomic mass is 35.5. The van der Waals surface area contributed by atoms with Crippen LogP contribution < -0.4 is 10.9 Å². The molecule has 0 saturated heterocycles. The molecule has 0 aliphatic rings. The van der Waals surface area contributed by atoms with Crippen molar-refractivity contribution >= 4 is 45.9 Å². The number of carbonyl (C=O) groups is 1. The van der Waals surface area contributed by atoms with E-state index in [0.717, 1.165) is 11.3 Å². The van der Waals surface area contributed by atoms with E-state index >= 15 is 0 Å².